The molecule has 0 amide bonds. The normalized spacial score (nSPS) is 51.2. The molecule has 0 radical (unpaired) electrons. The zero-order chi connectivity index (χ0) is 9.76. The summed E-state index contributed by atoms with van der Waals surface area (Å²) in [5, 5.41) is 0. The third-order valence-electron chi connectivity index (χ3n) is 5.30. The first kappa shape index (κ1) is 9.21. The second-order valence-corrected chi connectivity index (χ2v) is 6.37. The Kier molecular flexibility index (Phi) is 1.96. The van der Waals surface area contributed by atoms with E-state index in [1.54, 1.807) is 19.3 Å². The number of hydrogen-bond acceptors (Lipinski definition) is 1. The second kappa shape index (κ2) is 2.98. The van der Waals surface area contributed by atoms with Gasteiger partial charge in [-0.2, -0.15) is 0 Å². The van der Waals surface area contributed by atoms with Crippen LogP contribution >= 0.6 is 0 Å². The van der Waals surface area contributed by atoms with Crippen molar-refractivity contribution in [2.24, 2.45) is 17.8 Å². The van der Waals surface area contributed by atoms with Crippen LogP contribution in [-0.4, -0.2) is 24.5 Å². The van der Waals surface area contributed by atoms with Gasteiger partial charge in [0.25, 0.3) is 0 Å². The average molecular weight is 193 g/mol. The van der Waals surface area contributed by atoms with Gasteiger partial charge in [-0.15, -0.1) is 0 Å². The van der Waals surface area contributed by atoms with Crippen LogP contribution in [0.1, 0.15) is 44.9 Å². The Morgan fingerprint density at radius 3 is 2.07 bits per heavy atom. The molecule has 0 aromatic carbocycles. The van der Waals surface area contributed by atoms with Crippen molar-refractivity contribution >= 4 is 0 Å². The van der Waals surface area contributed by atoms with Gasteiger partial charge < -0.3 is 4.90 Å². The Bertz CT molecular complexity index is 219. The molecule has 1 nitrogen and oxygen atoms in total. The standard InChI is InChI=1S/C13H23N/c1-14(2)13-4-3-10-5-11(8-13)7-12(6-10)9-13/h10-12H,3-9H2,1-2H3. The summed E-state index contributed by atoms with van der Waals surface area (Å²) in [6.45, 7) is 0. The minimum atomic E-state index is 0.610. The van der Waals surface area contributed by atoms with Crippen LogP contribution in [0.4, 0.5) is 0 Å². The van der Waals surface area contributed by atoms with Gasteiger partial charge in [0.2, 0.25) is 0 Å². The molecule has 4 aliphatic rings. The van der Waals surface area contributed by atoms with Gasteiger partial charge >= 0.3 is 0 Å². The monoisotopic (exact) mass is 193 g/mol. The Balaban J connectivity index is 1.93. The molecule has 1 heteroatoms. The molecule has 4 fully saturated rings. The molecule has 80 valence electrons. The lowest BCUT2D eigenvalue weighted by atomic mass is 9.64. The van der Waals surface area contributed by atoms with E-state index >= 15 is 0 Å². The quantitative estimate of drug-likeness (QED) is 0.619. The van der Waals surface area contributed by atoms with E-state index in [9.17, 15) is 0 Å². The Morgan fingerprint density at radius 1 is 0.929 bits per heavy atom. The fourth-order valence-corrected chi connectivity index (χ4v) is 4.70. The van der Waals surface area contributed by atoms with E-state index < -0.39 is 0 Å². The maximum atomic E-state index is 2.56. The zero-order valence-corrected chi connectivity index (χ0v) is 9.63. The van der Waals surface area contributed by atoms with Crippen molar-refractivity contribution in [3.05, 3.63) is 0 Å². The molecule has 2 unspecified atom stereocenters. The molecule has 4 aliphatic carbocycles. The summed E-state index contributed by atoms with van der Waals surface area (Å²) in [5.41, 5.74) is 0.610. The number of hydrogen-bond donors (Lipinski definition) is 0. The smallest absolute Gasteiger partial charge is 0.0208 e. The third-order valence-corrected chi connectivity index (χ3v) is 5.30. The van der Waals surface area contributed by atoms with Gasteiger partial charge in [-0.05, 0) is 76.8 Å². The van der Waals surface area contributed by atoms with Crippen molar-refractivity contribution in [1.82, 2.24) is 4.90 Å². The molecule has 4 bridgehead atoms. The molecule has 0 spiro atoms. The molecule has 0 aliphatic heterocycles. The van der Waals surface area contributed by atoms with Gasteiger partial charge in [-0.1, -0.05) is 0 Å². The van der Waals surface area contributed by atoms with Gasteiger partial charge in [0, 0.05) is 5.54 Å². The molecule has 4 rings (SSSR count). The lowest BCUT2D eigenvalue weighted by Gasteiger charge is -2.48. The van der Waals surface area contributed by atoms with Crippen LogP contribution in [0.5, 0.6) is 0 Å². The van der Waals surface area contributed by atoms with Crippen LogP contribution in [0.15, 0.2) is 0 Å². The van der Waals surface area contributed by atoms with Crippen molar-refractivity contribution in [1.29, 1.82) is 0 Å². The van der Waals surface area contributed by atoms with E-state index in [0.717, 1.165) is 17.8 Å². The maximum Gasteiger partial charge on any atom is 0.0208 e. The van der Waals surface area contributed by atoms with Crippen LogP contribution < -0.4 is 0 Å². The number of nitrogens with zero attached hydrogens (tertiary/aromatic N) is 1. The van der Waals surface area contributed by atoms with Crippen molar-refractivity contribution < 1.29 is 0 Å². The van der Waals surface area contributed by atoms with Crippen molar-refractivity contribution in [2.75, 3.05) is 14.1 Å². The summed E-state index contributed by atoms with van der Waals surface area (Å²) >= 11 is 0. The third kappa shape index (κ3) is 1.25. The van der Waals surface area contributed by atoms with Crippen LogP contribution in [0.3, 0.4) is 0 Å². The average Bonchev–Trinajstić information content (AvgIpc) is 2.31. The molecular formula is C13H23N. The van der Waals surface area contributed by atoms with E-state index in [0.29, 0.717) is 5.54 Å². The zero-order valence-electron chi connectivity index (χ0n) is 9.63. The van der Waals surface area contributed by atoms with Crippen molar-refractivity contribution in [3.63, 3.8) is 0 Å². The van der Waals surface area contributed by atoms with Gasteiger partial charge in [0.05, 0.1) is 0 Å². The second-order valence-electron chi connectivity index (χ2n) is 6.37. The molecule has 4 saturated carbocycles. The van der Waals surface area contributed by atoms with Crippen LogP contribution in [-0.2, 0) is 0 Å². The van der Waals surface area contributed by atoms with Gasteiger partial charge in [0.15, 0.2) is 0 Å². The van der Waals surface area contributed by atoms with Gasteiger partial charge in [-0.25, -0.2) is 0 Å². The first-order valence-corrected chi connectivity index (χ1v) is 6.35. The molecular weight excluding hydrogens is 170 g/mol. The van der Waals surface area contributed by atoms with E-state index in [4.69, 9.17) is 0 Å². The minimum absolute atomic E-state index is 0.610. The highest BCUT2D eigenvalue weighted by Gasteiger charge is 2.48. The van der Waals surface area contributed by atoms with Crippen molar-refractivity contribution in [3.8, 4) is 0 Å². The Hall–Kier alpha value is -0.0400. The highest BCUT2D eigenvalue weighted by molar-refractivity contribution is 5.02. The summed E-state index contributed by atoms with van der Waals surface area (Å²) in [4.78, 5) is 2.56. The molecule has 2 atom stereocenters. The summed E-state index contributed by atoms with van der Waals surface area (Å²) in [6.07, 6.45) is 10.7. The molecule has 0 heterocycles. The van der Waals surface area contributed by atoms with Gasteiger partial charge in [0.1, 0.15) is 0 Å². The Labute approximate surface area is 87.9 Å². The largest absolute Gasteiger partial charge is 0.304 e. The van der Waals surface area contributed by atoms with E-state index in [-0.39, 0.29) is 0 Å². The predicted molar refractivity (Wildman–Crippen MR) is 59.2 cm³/mol. The number of fused-ring (bicyclic) bond motifs is 1. The molecule has 14 heavy (non-hydrogen) atoms. The van der Waals surface area contributed by atoms with Crippen LogP contribution in [0.25, 0.3) is 0 Å². The van der Waals surface area contributed by atoms with Crippen LogP contribution in [0.2, 0.25) is 0 Å². The maximum absolute atomic E-state index is 2.56. The van der Waals surface area contributed by atoms with E-state index in [1.165, 1.54) is 25.7 Å². The lowest BCUT2D eigenvalue weighted by Crippen LogP contribution is -2.49. The highest BCUT2D eigenvalue weighted by Crippen LogP contribution is 2.54. The number of rotatable bonds is 1. The summed E-state index contributed by atoms with van der Waals surface area (Å²) in [7, 11) is 4.62. The minimum Gasteiger partial charge on any atom is -0.304 e. The summed E-state index contributed by atoms with van der Waals surface area (Å²) < 4.78 is 0. The van der Waals surface area contributed by atoms with E-state index in [1.807, 2.05) is 0 Å². The molecule has 0 saturated heterocycles. The highest BCUT2D eigenvalue weighted by atomic mass is 15.1. The lowest BCUT2D eigenvalue weighted by molar-refractivity contribution is 0.0298. The summed E-state index contributed by atoms with van der Waals surface area (Å²) in [5.74, 6) is 3.26. The predicted octanol–water partition coefficient (Wildman–Crippen LogP) is 2.91. The molecule has 0 N–H and O–H groups in total. The van der Waals surface area contributed by atoms with Gasteiger partial charge in [-0.3, -0.25) is 0 Å². The van der Waals surface area contributed by atoms with Crippen LogP contribution in [0, 0.1) is 17.8 Å². The molecule has 0 aromatic rings. The van der Waals surface area contributed by atoms with E-state index in [2.05, 4.69) is 19.0 Å². The fourth-order valence-electron chi connectivity index (χ4n) is 4.70. The summed E-state index contributed by atoms with van der Waals surface area (Å²) in [6, 6.07) is 0. The SMILES string of the molecule is CN(C)C12CCC3CC(CC(C3)C1)C2. The molecule has 0 aromatic heterocycles. The first-order chi connectivity index (χ1) is 6.68. The first-order valence-electron chi connectivity index (χ1n) is 6.35. The van der Waals surface area contributed by atoms with Crippen molar-refractivity contribution in [2.45, 2.75) is 50.5 Å². The Morgan fingerprint density at radius 2 is 1.50 bits per heavy atom. The topological polar surface area (TPSA) is 3.24 Å². The fraction of sp³-hybridized carbons (Fsp3) is 1.00.